The smallest absolute Gasteiger partial charge is 0.322 e. The summed E-state index contributed by atoms with van der Waals surface area (Å²) in [7, 11) is 0. The van der Waals surface area contributed by atoms with Gasteiger partial charge in [0.1, 0.15) is 12.4 Å². The maximum atomic E-state index is 14.0. The van der Waals surface area contributed by atoms with E-state index in [9.17, 15) is 28.9 Å². The second kappa shape index (κ2) is 9.10. The molecule has 3 aromatic carbocycles. The lowest BCUT2D eigenvalue weighted by molar-refractivity contribution is -0.384. The number of nitro benzene ring substituents is 1. The molecule has 1 heterocycles. The average molecular weight is 462 g/mol. The molecule has 4 rings (SSSR count). The van der Waals surface area contributed by atoms with E-state index in [1.54, 1.807) is 30.3 Å². The summed E-state index contributed by atoms with van der Waals surface area (Å²) >= 11 is 0. The number of non-ortho nitro benzene ring substituents is 1. The molecule has 0 unspecified atom stereocenters. The normalized spacial score (nSPS) is 17.4. The summed E-state index contributed by atoms with van der Waals surface area (Å²) in [4.78, 5) is 49.9. The fourth-order valence-electron chi connectivity index (χ4n) is 3.87. The number of urea groups is 1. The van der Waals surface area contributed by atoms with Crippen LogP contribution in [0.15, 0.2) is 78.9 Å². The van der Waals surface area contributed by atoms with Crippen LogP contribution in [0.5, 0.6) is 0 Å². The van der Waals surface area contributed by atoms with E-state index in [0.717, 1.165) is 28.7 Å². The Bertz CT molecular complexity index is 1270. The number of halogens is 1. The Morgan fingerprint density at radius 3 is 2.32 bits per heavy atom. The first-order chi connectivity index (χ1) is 16.3. The number of imide groups is 1. The highest BCUT2D eigenvalue weighted by molar-refractivity contribution is 6.10. The minimum atomic E-state index is -1.43. The van der Waals surface area contributed by atoms with Gasteiger partial charge in [-0.3, -0.25) is 24.6 Å². The van der Waals surface area contributed by atoms with Gasteiger partial charge in [0.15, 0.2) is 5.54 Å². The van der Waals surface area contributed by atoms with Crippen LogP contribution in [0.3, 0.4) is 0 Å². The lowest BCUT2D eigenvalue weighted by Gasteiger charge is -2.27. The molecule has 10 heteroatoms. The van der Waals surface area contributed by atoms with E-state index in [1.165, 1.54) is 0 Å². The maximum absolute atomic E-state index is 14.0. The molecule has 0 bridgehead atoms. The third kappa shape index (κ3) is 4.33. The van der Waals surface area contributed by atoms with Gasteiger partial charge < -0.3 is 10.6 Å². The number of benzene rings is 3. The van der Waals surface area contributed by atoms with E-state index in [4.69, 9.17) is 0 Å². The summed E-state index contributed by atoms with van der Waals surface area (Å²) in [6, 6.07) is 19.7. The second-order valence-corrected chi connectivity index (χ2v) is 7.72. The van der Waals surface area contributed by atoms with Gasteiger partial charge in [-0.1, -0.05) is 60.7 Å². The van der Waals surface area contributed by atoms with Crippen molar-refractivity contribution in [3.63, 3.8) is 0 Å². The third-order valence-electron chi connectivity index (χ3n) is 5.49. The summed E-state index contributed by atoms with van der Waals surface area (Å²) in [6.45, 7) is -0.698. The van der Waals surface area contributed by atoms with Crippen LogP contribution in [0, 0.1) is 15.9 Å². The first-order valence-electron chi connectivity index (χ1n) is 10.3. The molecule has 3 aromatic rings. The highest BCUT2D eigenvalue weighted by Gasteiger charge is 2.52. The van der Waals surface area contributed by atoms with E-state index >= 15 is 0 Å². The van der Waals surface area contributed by atoms with Crippen LogP contribution < -0.4 is 10.6 Å². The molecule has 172 valence electrons. The Hall–Kier alpha value is -4.60. The molecule has 4 amide bonds. The van der Waals surface area contributed by atoms with Gasteiger partial charge in [-0.15, -0.1) is 0 Å². The number of nitrogens with one attached hydrogen (secondary N) is 2. The summed E-state index contributed by atoms with van der Waals surface area (Å²) in [5, 5.41) is 15.9. The molecule has 1 atom stereocenters. The van der Waals surface area contributed by atoms with E-state index in [0.29, 0.717) is 5.56 Å². The first kappa shape index (κ1) is 22.6. The van der Waals surface area contributed by atoms with Crippen LogP contribution in [-0.4, -0.2) is 34.2 Å². The summed E-state index contributed by atoms with van der Waals surface area (Å²) in [5.41, 5.74) is -0.936. The molecule has 1 aliphatic rings. The van der Waals surface area contributed by atoms with Crippen molar-refractivity contribution in [1.82, 2.24) is 10.2 Å². The Balaban J connectivity index is 1.60. The minimum absolute atomic E-state index is 0.153. The lowest BCUT2D eigenvalue weighted by atomic mass is 9.83. The van der Waals surface area contributed by atoms with Crippen molar-refractivity contribution < 1.29 is 23.7 Å². The summed E-state index contributed by atoms with van der Waals surface area (Å²) < 4.78 is 14.0. The highest BCUT2D eigenvalue weighted by Crippen LogP contribution is 2.33. The Labute approximate surface area is 193 Å². The van der Waals surface area contributed by atoms with Gasteiger partial charge in [0.25, 0.3) is 11.6 Å². The number of anilines is 1. The van der Waals surface area contributed by atoms with Crippen LogP contribution in [0.25, 0.3) is 0 Å². The highest BCUT2D eigenvalue weighted by atomic mass is 19.1. The number of carbonyl (C=O) groups excluding carboxylic acids is 3. The molecule has 1 saturated heterocycles. The fourth-order valence-corrected chi connectivity index (χ4v) is 3.87. The van der Waals surface area contributed by atoms with Gasteiger partial charge in [-0.25, -0.2) is 9.18 Å². The van der Waals surface area contributed by atoms with Crippen molar-refractivity contribution in [3.05, 3.63) is 106 Å². The van der Waals surface area contributed by atoms with Gasteiger partial charge in [-0.05, 0) is 17.2 Å². The number of carbonyl (C=O) groups is 3. The van der Waals surface area contributed by atoms with E-state index < -0.39 is 52.0 Å². The summed E-state index contributed by atoms with van der Waals surface area (Å²) in [5.74, 6) is -2.41. The van der Waals surface area contributed by atoms with Gasteiger partial charge in [0, 0.05) is 18.6 Å². The number of nitro groups is 1. The van der Waals surface area contributed by atoms with E-state index in [2.05, 4.69) is 10.6 Å². The van der Waals surface area contributed by atoms with Crippen molar-refractivity contribution in [2.24, 2.45) is 0 Å². The third-order valence-corrected chi connectivity index (χ3v) is 5.49. The average Bonchev–Trinajstić information content (AvgIpc) is 3.06. The van der Waals surface area contributed by atoms with Gasteiger partial charge in [0.2, 0.25) is 5.91 Å². The van der Waals surface area contributed by atoms with Gasteiger partial charge in [0.05, 0.1) is 10.6 Å². The van der Waals surface area contributed by atoms with Crippen molar-refractivity contribution in [2.75, 3.05) is 11.9 Å². The number of rotatable bonds is 7. The van der Waals surface area contributed by atoms with Crippen molar-refractivity contribution in [3.8, 4) is 0 Å². The van der Waals surface area contributed by atoms with E-state index in [1.807, 2.05) is 30.3 Å². The molecule has 0 saturated carbocycles. The van der Waals surface area contributed by atoms with Crippen LogP contribution in [-0.2, 0) is 21.5 Å². The molecular weight excluding hydrogens is 443 g/mol. The SMILES string of the molecule is O=C(CN1C(=O)N[C@](Cc2ccccc2)(c2ccccc2)C1=O)Nc1cc([N+](=O)[O-])ccc1F. The molecule has 9 nitrogen and oxygen atoms in total. The zero-order chi connectivity index (χ0) is 24.3. The van der Waals surface area contributed by atoms with Crippen molar-refractivity contribution in [1.29, 1.82) is 0 Å². The predicted molar refractivity (Wildman–Crippen MR) is 120 cm³/mol. The first-order valence-corrected chi connectivity index (χ1v) is 10.3. The number of amides is 4. The molecule has 34 heavy (non-hydrogen) atoms. The summed E-state index contributed by atoms with van der Waals surface area (Å²) in [6.07, 6.45) is 0.153. The topological polar surface area (TPSA) is 122 Å². The number of hydrogen-bond acceptors (Lipinski definition) is 5. The second-order valence-electron chi connectivity index (χ2n) is 7.72. The molecule has 0 aromatic heterocycles. The van der Waals surface area contributed by atoms with Crippen LogP contribution in [0.1, 0.15) is 11.1 Å². The minimum Gasteiger partial charge on any atom is -0.322 e. The molecule has 0 spiro atoms. The van der Waals surface area contributed by atoms with Crippen molar-refractivity contribution >= 4 is 29.2 Å². The maximum Gasteiger partial charge on any atom is 0.325 e. The molecule has 1 fully saturated rings. The number of nitrogens with zero attached hydrogens (tertiary/aromatic N) is 2. The quantitative estimate of drug-likeness (QED) is 0.317. The fraction of sp³-hybridized carbons (Fsp3) is 0.125. The molecule has 1 aliphatic heterocycles. The molecule has 2 N–H and O–H groups in total. The standard InChI is InChI=1S/C24H19FN4O5/c25-19-12-11-18(29(33)34)13-20(19)26-21(30)15-28-22(31)24(27-23(28)32,17-9-5-2-6-10-17)14-16-7-3-1-4-8-16/h1-13H,14-15H2,(H,26,30)(H,27,32)/t24-/m1/s1. The monoisotopic (exact) mass is 462 g/mol. The Morgan fingerprint density at radius 1 is 1.03 bits per heavy atom. The molecule has 0 radical (unpaired) electrons. The molecular formula is C24H19FN4O5. The van der Waals surface area contributed by atoms with Gasteiger partial charge in [-0.2, -0.15) is 0 Å². The molecule has 0 aliphatic carbocycles. The van der Waals surface area contributed by atoms with Crippen LogP contribution in [0.4, 0.5) is 20.6 Å². The lowest BCUT2D eigenvalue weighted by Crippen LogP contribution is -2.46. The van der Waals surface area contributed by atoms with E-state index in [-0.39, 0.29) is 6.42 Å². The van der Waals surface area contributed by atoms with Crippen molar-refractivity contribution in [2.45, 2.75) is 12.0 Å². The van der Waals surface area contributed by atoms with Crippen LogP contribution >= 0.6 is 0 Å². The Kier molecular flexibility index (Phi) is 6.05. The largest absolute Gasteiger partial charge is 0.325 e. The zero-order valence-electron chi connectivity index (χ0n) is 17.7. The predicted octanol–water partition coefficient (Wildman–Crippen LogP) is 3.36. The zero-order valence-corrected chi connectivity index (χ0v) is 17.7. The Morgan fingerprint density at radius 2 is 1.68 bits per heavy atom. The van der Waals surface area contributed by atoms with Gasteiger partial charge >= 0.3 is 6.03 Å². The van der Waals surface area contributed by atoms with Crippen LogP contribution in [0.2, 0.25) is 0 Å². The number of hydrogen-bond donors (Lipinski definition) is 2.